The van der Waals surface area contributed by atoms with Crippen LogP contribution >= 0.6 is 11.3 Å². The van der Waals surface area contributed by atoms with Crippen molar-refractivity contribution >= 4 is 11.3 Å². The first-order chi connectivity index (χ1) is 13.9. The third-order valence-electron chi connectivity index (χ3n) is 5.13. The number of hydrogen-bond acceptors (Lipinski definition) is 6. The molecule has 2 aliphatic heterocycles. The predicted molar refractivity (Wildman–Crippen MR) is 109 cm³/mol. The van der Waals surface area contributed by atoms with Crippen LogP contribution in [0.3, 0.4) is 0 Å². The number of ether oxygens (including phenoxy) is 3. The summed E-state index contributed by atoms with van der Waals surface area (Å²) >= 11 is 1.76. The fourth-order valence-corrected chi connectivity index (χ4v) is 4.61. The molecule has 0 amide bonds. The number of aromatic nitrogens is 2. The van der Waals surface area contributed by atoms with E-state index in [1.54, 1.807) is 11.3 Å². The van der Waals surface area contributed by atoms with E-state index in [1.807, 2.05) is 12.3 Å². The van der Waals surface area contributed by atoms with Crippen molar-refractivity contribution in [1.29, 1.82) is 0 Å². The molecule has 146 valence electrons. The molecule has 0 bridgehead atoms. The Morgan fingerprint density at radius 2 is 1.71 bits per heavy atom. The SMILES string of the molecule is c1cn(CCN2CCOCC2)c(-c2ccc(-c3ccc4c(c3)OCCO4)s2)n1. The molecule has 7 heteroatoms. The highest BCUT2D eigenvalue weighted by atomic mass is 32.1. The van der Waals surface area contributed by atoms with Gasteiger partial charge in [0.15, 0.2) is 11.5 Å². The van der Waals surface area contributed by atoms with Crippen LogP contribution in [0.2, 0.25) is 0 Å². The molecule has 5 rings (SSSR count). The summed E-state index contributed by atoms with van der Waals surface area (Å²) in [6.45, 7) is 6.87. The van der Waals surface area contributed by atoms with Crippen molar-refractivity contribution in [2.75, 3.05) is 46.1 Å². The number of imidazole rings is 1. The van der Waals surface area contributed by atoms with Crippen LogP contribution < -0.4 is 9.47 Å². The minimum Gasteiger partial charge on any atom is -0.486 e. The average molecular weight is 398 g/mol. The summed E-state index contributed by atoms with van der Waals surface area (Å²) in [7, 11) is 0. The van der Waals surface area contributed by atoms with Gasteiger partial charge in [-0.3, -0.25) is 4.90 Å². The molecule has 4 heterocycles. The molecule has 0 spiro atoms. The molecule has 0 radical (unpaired) electrons. The number of rotatable bonds is 5. The molecular weight excluding hydrogens is 374 g/mol. The van der Waals surface area contributed by atoms with Gasteiger partial charge in [-0.05, 0) is 35.9 Å². The van der Waals surface area contributed by atoms with E-state index in [1.165, 1.54) is 9.75 Å². The topological polar surface area (TPSA) is 48.8 Å². The predicted octanol–water partition coefficient (Wildman–Crippen LogP) is 3.38. The summed E-state index contributed by atoms with van der Waals surface area (Å²) in [5, 5.41) is 0. The minimum absolute atomic E-state index is 0.604. The van der Waals surface area contributed by atoms with Gasteiger partial charge in [-0.15, -0.1) is 11.3 Å². The van der Waals surface area contributed by atoms with Crippen molar-refractivity contribution < 1.29 is 14.2 Å². The van der Waals surface area contributed by atoms with E-state index in [2.05, 4.69) is 44.9 Å². The van der Waals surface area contributed by atoms with Gasteiger partial charge in [0.25, 0.3) is 0 Å². The second-order valence-corrected chi connectivity index (χ2v) is 8.00. The first kappa shape index (κ1) is 17.7. The summed E-state index contributed by atoms with van der Waals surface area (Å²) in [6, 6.07) is 10.5. The second kappa shape index (κ2) is 7.95. The number of nitrogens with zero attached hydrogens (tertiary/aromatic N) is 3. The van der Waals surface area contributed by atoms with Crippen LogP contribution in [0, 0.1) is 0 Å². The van der Waals surface area contributed by atoms with Crippen molar-refractivity contribution in [3.05, 3.63) is 42.7 Å². The van der Waals surface area contributed by atoms with Crippen LogP contribution in [0.15, 0.2) is 42.7 Å². The van der Waals surface area contributed by atoms with E-state index in [0.717, 1.165) is 62.3 Å². The lowest BCUT2D eigenvalue weighted by atomic mass is 10.1. The van der Waals surface area contributed by atoms with Crippen molar-refractivity contribution in [2.24, 2.45) is 0 Å². The van der Waals surface area contributed by atoms with Gasteiger partial charge in [-0.1, -0.05) is 0 Å². The summed E-state index contributed by atoms with van der Waals surface area (Å²) in [5.74, 6) is 2.68. The van der Waals surface area contributed by atoms with Crippen LogP contribution in [0.25, 0.3) is 21.1 Å². The quantitative estimate of drug-likeness (QED) is 0.661. The minimum atomic E-state index is 0.604. The summed E-state index contributed by atoms with van der Waals surface area (Å²) in [4.78, 5) is 9.44. The van der Waals surface area contributed by atoms with Gasteiger partial charge >= 0.3 is 0 Å². The van der Waals surface area contributed by atoms with Crippen molar-refractivity contribution in [2.45, 2.75) is 6.54 Å². The third-order valence-corrected chi connectivity index (χ3v) is 6.26. The van der Waals surface area contributed by atoms with E-state index < -0.39 is 0 Å². The molecule has 6 nitrogen and oxygen atoms in total. The normalized spacial score (nSPS) is 17.0. The van der Waals surface area contributed by atoms with Crippen molar-refractivity contribution in [3.8, 4) is 32.6 Å². The van der Waals surface area contributed by atoms with Crippen LogP contribution in [0.4, 0.5) is 0 Å². The molecule has 0 aliphatic carbocycles. The molecule has 28 heavy (non-hydrogen) atoms. The number of hydrogen-bond donors (Lipinski definition) is 0. The fourth-order valence-electron chi connectivity index (χ4n) is 3.60. The Morgan fingerprint density at radius 1 is 0.893 bits per heavy atom. The van der Waals surface area contributed by atoms with Gasteiger partial charge < -0.3 is 18.8 Å². The Labute approximate surface area is 168 Å². The maximum atomic E-state index is 5.72. The highest BCUT2D eigenvalue weighted by Crippen LogP contribution is 2.38. The summed E-state index contributed by atoms with van der Waals surface area (Å²) in [5.41, 5.74) is 1.15. The standard InChI is InChI=1S/C21H23N3O3S/c1-2-17-18(27-14-13-26-17)15-16(1)19-3-4-20(28-19)21-22-5-6-24(21)8-7-23-9-11-25-12-10-23/h1-6,15H,7-14H2. The van der Waals surface area contributed by atoms with Crippen LogP contribution in [0.5, 0.6) is 11.5 Å². The zero-order valence-electron chi connectivity index (χ0n) is 15.7. The Balaban J connectivity index is 1.33. The second-order valence-electron chi connectivity index (χ2n) is 6.92. The first-order valence-electron chi connectivity index (χ1n) is 9.68. The number of benzene rings is 1. The number of fused-ring (bicyclic) bond motifs is 1. The smallest absolute Gasteiger partial charge is 0.162 e. The Morgan fingerprint density at radius 3 is 2.61 bits per heavy atom. The molecule has 2 aliphatic rings. The number of thiophene rings is 1. The van der Waals surface area contributed by atoms with Gasteiger partial charge in [0.1, 0.15) is 19.0 Å². The van der Waals surface area contributed by atoms with Gasteiger partial charge in [-0.25, -0.2) is 4.98 Å². The molecule has 1 fully saturated rings. The van der Waals surface area contributed by atoms with Crippen molar-refractivity contribution in [3.63, 3.8) is 0 Å². The molecule has 0 N–H and O–H groups in total. The monoisotopic (exact) mass is 397 g/mol. The third kappa shape index (κ3) is 3.65. The molecule has 3 aromatic rings. The fraction of sp³-hybridized carbons (Fsp3) is 0.381. The molecule has 0 saturated carbocycles. The zero-order chi connectivity index (χ0) is 18.8. The molecule has 1 saturated heterocycles. The van der Waals surface area contributed by atoms with E-state index in [-0.39, 0.29) is 0 Å². The summed E-state index contributed by atoms with van der Waals surface area (Å²) < 4.78 is 19.0. The molecular formula is C21H23N3O3S. The van der Waals surface area contributed by atoms with Gasteiger partial charge in [0.2, 0.25) is 0 Å². The molecule has 0 atom stereocenters. The average Bonchev–Trinajstić information content (AvgIpc) is 3.42. The zero-order valence-corrected chi connectivity index (χ0v) is 16.5. The van der Waals surface area contributed by atoms with E-state index in [9.17, 15) is 0 Å². The molecule has 2 aromatic heterocycles. The van der Waals surface area contributed by atoms with Crippen molar-refractivity contribution in [1.82, 2.24) is 14.5 Å². The highest BCUT2D eigenvalue weighted by Gasteiger charge is 2.16. The van der Waals surface area contributed by atoms with Crippen LogP contribution in [-0.2, 0) is 11.3 Å². The Bertz CT molecular complexity index is 946. The summed E-state index contributed by atoms with van der Waals surface area (Å²) in [6.07, 6.45) is 3.96. The van der Waals surface area contributed by atoms with Gasteiger partial charge in [0.05, 0.1) is 18.1 Å². The Kier molecular flexibility index (Phi) is 5.03. The maximum absolute atomic E-state index is 5.72. The Hall–Kier alpha value is -2.35. The lowest BCUT2D eigenvalue weighted by Gasteiger charge is -2.26. The lowest BCUT2D eigenvalue weighted by Crippen LogP contribution is -2.38. The largest absolute Gasteiger partial charge is 0.486 e. The van der Waals surface area contributed by atoms with E-state index >= 15 is 0 Å². The highest BCUT2D eigenvalue weighted by molar-refractivity contribution is 7.18. The maximum Gasteiger partial charge on any atom is 0.162 e. The van der Waals surface area contributed by atoms with Crippen LogP contribution in [-0.4, -0.2) is 60.5 Å². The van der Waals surface area contributed by atoms with E-state index in [0.29, 0.717) is 13.2 Å². The number of morpholine rings is 1. The molecule has 1 aromatic carbocycles. The lowest BCUT2D eigenvalue weighted by molar-refractivity contribution is 0.0364. The molecule has 0 unspecified atom stereocenters. The van der Waals surface area contributed by atoms with Gasteiger partial charge in [-0.2, -0.15) is 0 Å². The first-order valence-corrected chi connectivity index (χ1v) is 10.5. The van der Waals surface area contributed by atoms with Crippen LogP contribution in [0.1, 0.15) is 0 Å². The van der Waals surface area contributed by atoms with Gasteiger partial charge in [0, 0.05) is 43.4 Å². The van der Waals surface area contributed by atoms with E-state index in [4.69, 9.17) is 14.2 Å².